The Bertz CT molecular complexity index is 697. The van der Waals surface area contributed by atoms with E-state index in [9.17, 15) is 0 Å². The van der Waals surface area contributed by atoms with Crippen molar-refractivity contribution in [2.75, 3.05) is 6.61 Å². The largest absolute Gasteiger partial charge is 0.492 e. The van der Waals surface area contributed by atoms with E-state index in [1.165, 1.54) is 0 Å². The lowest BCUT2D eigenvalue weighted by molar-refractivity contribution is 0.339. The molecule has 1 aromatic carbocycles. The van der Waals surface area contributed by atoms with Gasteiger partial charge in [0.05, 0.1) is 15.2 Å². The minimum Gasteiger partial charge on any atom is -0.492 e. The number of benzene rings is 1. The summed E-state index contributed by atoms with van der Waals surface area (Å²) in [4.78, 5) is 9.30. The smallest absolute Gasteiger partial charge is 0.146 e. The van der Waals surface area contributed by atoms with Crippen molar-refractivity contribution in [1.82, 2.24) is 9.97 Å². The van der Waals surface area contributed by atoms with Gasteiger partial charge < -0.3 is 4.74 Å². The van der Waals surface area contributed by atoms with Crippen LogP contribution in [0.2, 0.25) is 5.15 Å². The molecule has 1 aliphatic rings. The molecule has 2 heterocycles. The van der Waals surface area contributed by atoms with Gasteiger partial charge in [0, 0.05) is 11.0 Å². The van der Waals surface area contributed by atoms with E-state index in [1.54, 1.807) is 0 Å². The first kappa shape index (κ1) is 15.0. The average Bonchev–Trinajstić information content (AvgIpc) is 2.84. The summed E-state index contributed by atoms with van der Waals surface area (Å²) in [7, 11) is 0. The van der Waals surface area contributed by atoms with Crippen LogP contribution in [0.4, 0.5) is 0 Å². The van der Waals surface area contributed by atoms with Gasteiger partial charge in [-0.25, -0.2) is 9.97 Å². The molecule has 0 N–H and O–H groups in total. The van der Waals surface area contributed by atoms with Crippen LogP contribution in [0.15, 0.2) is 24.3 Å². The molecule has 110 valence electrons. The van der Waals surface area contributed by atoms with Crippen molar-refractivity contribution in [3.8, 4) is 5.75 Å². The second kappa shape index (κ2) is 5.39. The highest BCUT2D eigenvalue weighted by molar-refractivity contribution is 14.1. The molecule has 0 fully saturated rings. The van der Waals surface area contributed by atoms with Crippen molar-refractivity contribution < 1.29 is 4.74 Å². The molecule has 0 bridgehead atoms. The lowest BCUT2D eigenvalue weighted by Gasteiger charge is -2.21. The molecule has 0 saturated heterocycles. The summed E-state index contributed by atoms with van der Waals surface area (Å²) in [6, 6.07) is 8.04. The van der Waals surface area contributed by atoms with E-state index in [4.69, 9.17) is 21.3 Å². The van der Waals surface area contributed by atoms with Gasteiger partial charge in [-0.1, -0.05) is 50.6 Å². The number of rotatable bonds is 1. The molecule has 0 spiro atoms. The molecule has 3 rings (SSSR count). The standard InChI is InChI=1S/C16H16ClIN2O/c1-16(2,3)13-12(18)14(17)20-15(19-13)10-8-21-11-7-5-4-6-9(10)11/h4-7,10H,8H2,1-3H3. The van der Waals surface area contributed by atoms with Gasteiger partial charge in [-0.05, 0) is 28.7 Å². The quantitative estimate of drug-likeness (QED) is 0.507. The zero-order chi connectivity index (χ0) is 15.2. The second-order valence-corrected chi connectivity index (χ2v) is 7.62. The summed E-state index contributed by atoms with van der Waals surface area (Å²) < 4.78 is 6.66. The first-order valence-corrected chi connectivity index (χ1v) is 8.28. The third-order valence-corrected chi connectivity index (χ3v) is 5.16. The van der Waals surface area contributed by atoms with Crippen LogP contribution in [0.3, 0.4) is 0 Å². The Labute approximate surface area is 143 Å². The molecule has 0 aliphatic carbocycles. The Morgan fingerprint density at radius 1 is 1.24 bits per heavy atom. The van der Waals surface area contributed by atoms with E-state index < -0.39 is 0 Å². The molecule has 1 aliphatic heterocycles. The molecular weight excluding hydrogens is 399 g/mol. The lowest BCUT2D eigenvalue weighted by Crippen LogP contribution is -2.20. The van der Waals surface area contributed by atoms with Crippen LogP contribution in [-0.4, -0.2) is 16.6 Å². The van der Waals surface area contributed by atoms with Crippen LogP contribution in [0.1, 0.15) is 43.8 Å². The fraction of sp³-hybridized carbons (Fsp3) is 0.375. The molecule has 1 aromatic heterocycles. The zero-order valence-corrected chi connectivity index (χ0v) is 15.1. The summed E-state index contributed by atoms with van der Waals surface area (Å²) in [5.74, 6) is 1.71. The van der Waals surface area contributed by atoms with E-state index in [2.05, 4.69) is 54.4 Å². The highest BCUT2D eigenvalue weighted by Crippen LogP contribution is 2.38. The number of halogens is 2. The van der Waals surface area contributed by atoms with Crippen molar-refractivity contribution in [3.05, 3.63) is 50.1 Å². The van der Waals surface area contributed by atoms with Crippen LogP contribution in [-0.2, 0) is 5.41 Å². The van der Waals surface area contributed by atoms with E-state index in [0.29, 0.717) is 11.8 Å². The summed E-state index contributed by atoms with van der Waals surface area (Å²) in [6.45, 7) is 6.98. The zero-order valence-electron chi connectivity index (χ0n) is 12.2. The first-order valence-electron chi connectivity index (χ1n) is 6.83. The van der Waals surface area contributed by atoms with Crippen LogP contribution in [0, 0.1) is 3.57 Å². The van der Waals surface area contributed by atoms with E-state index >= 15 is 0 Å². The summed E-state index contributed by atoms with van der Waals surface area (Å²) >= 11 is 8.55. The van der Waals surface area contributed by atoms with Gasteiger partial charge in [0.2, 0.25) is 0 Å². The number of fused-ring (bicyclic) bond motifs is 1. The van der Waals surface area contributed by atoms with E-state index in [-0.39, 0.29) is 11.3 Å². The third kappa shape index (κ3) is 2.75. The summed E-state index contributed by atoms with van der Waals surface area (Å²) in [5, 5.41) is 0.523. The normalized spacial score (nSPS) is 17.5. The number of aromatic nitrogens is 2. The molecule has 5 heteroatoms. The summed E-state index contributed by atoms with van der Waals surface area (Å²) in [6.07, 6.45) is 0. The number of hydrogen-bond donors (Lipinski definition) is 0. The Kier molecular flexibility index (Phi) is 3.86. The van der Waals surface area contributed by atoms with Crippen molar-refractivity contribution in [1.29, 1.82) is 0 Å². The predicted molar refractivity (Wildman–Crippen MR) is 92.2 cm³/mol. The Hall–Kier alpha value is -0.880. The van der Waals surface area contributed by atoms with Gasteiger partial charge in [-0.15, -0.1) is 0 Å². The highest BCUT2D eigenvalue weighted by Gasteiger charge is 2.30. The Morgan fingerprint density at radius 3 is 2.67 bits per heavy atom. The Balaban J connectivity index is 2.11. The molecule has 0 saturated carbocycles. The van der Waals surface area contributed by atoms with Crippen LogP contribution < -0.4 is 4.74 Å². The lowest BCUT2D eigenvalue weighted by atomic mass is 9.91. The van der Waals surface area contributed by atoms with Gasteiger partial charge in [0.15, 0.2) is 0 Å². The number of hydrogen-bond acceptors (Lipinski definition) is 3. The van der Waals surface area contributed by atoms with E-state index in [1.807, 2.05) is 18.2 Å². The minimum atomic E-state index is -0.0726. The predicted octanol–water partition coefficient (Wildman–Crippen LogP) is 4.56. The van der Waals surface area contributed by atoms with Crippen molar-refractivity contribution in [3.63, 3.8) is 0 Å². The molecule has 21 heavy (non-hydrogen) atoms. The first-order chi connectivity index (χ1) is 9.88. The van der Waals surface area contributed by atoms with Crippen LogP contribution >= 0.6 is 34.2 Å². The molecule has 3 nitrogen and oxygen atoms in total. The molecule has 1 unspecified atom stereocenters. The Morgan fingerprint density at radius 2 is 1.95 bits per heavy atom. The maximum Gasteiger partial charge on any atom is 0.146 e. The molecule has 0 amide bonds. The molecule has 1 atom stereocenters. The van der Waals surface area contributed by atoms with Crippen molar-refractivity contribution in [2.24, 2.45) is 0 Å². The highest BCUT2D eigenvalue weighted by atomic mass is 127. The minimum absolute atomic E-state index is 0.0526. The maximum atomic E-state index is 6.33. The topological polar surface area (TPSA) is 35.0 Å². The van der Waals surface area contributed by atoms with Gasteiger partial charge in [0.25, 0.3) is 0 Å². The number of ether oxygens (including phenoxy) is 1. The fourth-order valence-electron chi connectivity index (χ4n) is 2.47. The second-order valence-electron chi connectivity index (χ2n) is 6.19. The fourth-order valence-corrected chi connectivity index (χ4v) is 3.69. The van der Waals surface area contributed by atoms with Gasteiger partial charge in [-0.3, -0.25) is 0 Å². The number of para-hydroxylation sites is 1. The van der Waals surface area contributed by atoms with E-state index in [0.717, 1.165) is 26.4 Å². The molecule has 0 radical (unpaired) electrons. The van der Waals surface area contributed by atoms with Crippen LogP contribution in [0.25, 0.3) is 0 Å². The SMILES string of the molecule is CC(C)(C)c1nc(C2COc3ccccc32)nc(Cl)c1I. The molecule has 2 aromatic rings. The van der Waals surface area contributed by atoms with Gasteiger partial charge in [-0.2, -0.15) is 0 Å². The monoisotopic (exact) mass is 414 g/mol. The van der Waals surface area contributed by atoms with Crippen molar-refractivity contribution in [2.45, 2.75) is 32.1 Å². The van der Waals surface area contributed by atoms with Gasteiger partial charge in [0.1, 0.15) is 23.3 Å². The number of nitrogens with zero attached hydrogens (tertiary/aromatic N) is 2. The van der Waals surface area contributed by atoms with Crippen molar-refractivity contribution >= 4 is 34.2 Å². The molecular formula is C16H16ClIN2O. The summed E-state index contributed by atoms with van der Waals surface area (Å²) in [5.41, 5.74) is 2.05. The van der Waals surface area contributed by atoms with Crippen LogP contribution in [0.5, 0.6) is 5.75 Å². The van der Waals surface area contributed by atoms with Gasteiger partial charge >= 0.3 is 0 Å². The average molecular weight is 415 g/mol. The third-order valence-electron chi connectivity index (χ3n) is 3.55. The maximum absolute atomic E-state index is 6.33.